The molecule has 0 saturated carbocycles. The predicted octanol–water partition coefficient (Wildman–Crippen LogP) is 2.80. The number of benzene rings is 1. The Morgan fingerprint density at radius 1 is 1.38 bits per heavy atom. The van der Waals surface area contributed by atoms with Gasteiger partial charge >= 0.3 is 0 Å². The molecule has 1 aliphatic rings. The molecule has 1 heterocycles. The molecule has 1 unspecified atom stereocenters. The van der Waals surface area contributed by atoms with Crippen molar-refractivity contribution in [1.29, 1.82) is 0 Å². The van der Waals surface area contributed by atoms with Crippen LogP contribution in [0.5, 0.6) is 0 Å². The van der Waals surface area contributed by atoms with E-state index in [1.807, 2.05) is 56.9 Å². The Labute approximate surface area is 144 Å². The highest BCUT2D eigenvalue weighted by Crippen LogP contribution is 2.38. The van der Waals surface area contributed by atoms with Crippen molar-refractivity contribution in [1.82, 2.24) is 10.4 Å². The molecule has 0 aliphatic carbocycles. The van der Waals surface area contributed by atoms with E-state index in [2.05, 4.69) is 0 Å². The highest BCUT2D eigenvalue weighted by Gasteiger charge is 2.47. The molecule has 1 aromatic carbocycles. The zero-order valence-electron chi connectivity index (χ0n) is 15.0. The zero-order chi connectivity index (χ0) is 17.9. The molecular weight excluding hydrogens is 304 g/mol. The number of rotatable bonds is 6. The van der Waals surface area contributed by atoms with Crippen LogP contribution in [0.4, 0.5) is 0 Å². The molecule has 0 bridgehead atoms. The largest absolute Gasteiger partial charge is 0.338 e. The predicted molar refractivity (Wildman–Crippen MR) is 92.7 cm³/mol. The van der Waals surface area contributed by atoms with Gasteiger partial charge in [-0.2, -0.15) is 0 Å². The van der Waals surface area contributed by atoms with Gasteiger partial charge < -0.3 is 4.90 Å². The molecule has 24 heavy (non-hydrogen) atoms. The van der Waals surface area contributed by atoms with E-state index in [0.717, 1.165) is 18.4 Å². The van der Waals surface area contributed by atoms with E-state index in [4.69, 9.17) is 5.21 Å². The van der Waals surface area contributed by atoms with Crippen molar-refractivity contribution in [3.8, 4) is 0 Å². The first-order valence-corrected chi connectivity index (χ1v) is 8.64. The normalized spacial score (nSPS) is 23.2. The first-order valence-electron chi connectivity index (χ1n) is 8.64. The third-order valence-corrected chi connectivity index (χ3v) is 5.49. The molecule has 3 atom stereocenters. The number of carbonyl (C=O) groups excluding carboxylic acids is 2. The standard InChI is InChI=1S/C19H28N2O3/c1-5-14(3)16(12-17(22)20-24)21-11-10-19(4,18(21)23)15-8-6-13(2)7-9-15/h6-9,14,16,24H,5,10-12H2,1-4H3,(H,20,22)/t14-,16+,19?/m1/s1. The van der Waals surface area contributed by atoms with Crippen LogP contribution in [0.25, 0.3) is 0 Å². The first kappa shape index (κ1) is 18.5. The summed E-state index contributed by atoms with van der Waals surface area (Å²) in [5.74, 6) is -0.189. The number of carbonyl (C=O) groups is 2. The van der Waals surface area contributed by atoms with Gasteiger partial charge in [-0.05, 0) is 31.7 Å². The van der Waals surface area contributed by atoms with Crippen molar-refractivity contribution < 1.29 is 14.8 Å². The Balaban J connectivity index is 2.27. The van der Waals surface area contributed by atoms with E-state index in [1.165, 1.54) is 5.56 Å². The van der Waals surface area contributed by atoms with Crippen LogP contribution in [-0.4, -0.2) is 34.5 Å². The molecule has 0 spiro atoms. The van der Waals surface area contributed by atoms with Crippen LogP contribution >= 0.6 is 0 Å². The molecule has 0 radical (unpaired) electrons. The fraction of sp³-hybridized carbons (Fsp3) is 0.579. The van der Waals surface area contributed by atoms with E-state index in [1.54, 1.807) is 5.48 Å². The van der Waals surface area contributed by atoms with E-state index < -0.39 is 11.3 Å². The molecule has 5 nitrogen and oxygen atoms in total. The number of hydrogen-bond donors (Lipinski definition) is 2. The van der Waals surface area contributed by atoms with Gasteiger partial charge in [0.2, 0.25) is 11.8 Å². The molecule has 2 amide bonds. The van der Waals surface area contributed by atoms with Crippen LogP contribution in [-0.2, 0) is 15.0 Å². The fourth-order valence-corrected chi connectivity index (χ4v) is 3.50. The third-order valence-electron chi connectivity index (χ3n) is 5.49. The van der Waals surface area contributed by atoms with Crippen LogP contribution in [0, 0.1) is 12.8 Å². The van der Waals surface area contributed by atoms with Gasteiger partial charge in [-0.25, -0.2) is 5.48 Å². The number of likely N-dealkylation sites (tertiary alicyclic amines) is 1. The van der Waals surface area contributed by atoms with Crippen molar-refractivity contribution in [3.63, 3.8) is 0 Å². The highest BCUT2D eigenvalue weighted by molar-refractivity contribution is 5.90. The molecule has 1 aliphatic heterocycles. The number of nitrogens with one attached hydrogen (secondary N) is 1. The van der Waals surface area contributed by atoms with Crippen molar-refractivity contribution in [2.24, 2.45) is 5.92 Å². The summed E-state index contributed by atoms with van der Waals surface area (Å²) >= 11 is 0. The maximum atomic E-state index is 13.2. The zero-order valence-corrected chi connectivity index (χ0v) is 15.0. The topological polar surface area (TPSA) is 69.6 Å². The maximum Gasteiger partial charge on any atom is 0.245 e. The molecule has 2 rings (SSSR count). The summed E-state index contributed by atoms with van der Waals surface area (Å²) in [5, 5.41) is 8.85. The maximum absolute atomic E-state index is 13.2. The summed E-state index contributed by atoms with van der Waals surface area (Å²) in [6.45, 7) is 8.75. The van der Waals surface area contributed by atoms with Crippen LogP contribution in [0.1, 0.15) is 51.2 Å². The molecule has 1 saturated heterocycles. The second-order valence-corrected chi connectivity index (χ2v) is 7.14. The first-order chi connectivity index (χ1) is 11.3. The molecule has 2 N–H and O–H groups in total. The lowest BCUT2D eigenvalue weighted by molar-refractivity contribution is -0.137. The van der Waals surface area contributed by atoms with Gasteiger partial charge in [0, 0.05) is 19.0 Å². The van der Waals surface area contributed by atoms with Crippen molar-refractivity contribution in [3.05, 3.63) is 35.4 Å². The van der Waals surface area contributed by atoms with Gasteiger partial charge in [0.1, 0.15) is 0 Å². The van der Waals surface area contributed by atoms with Crippen molar-refractivity contribution >= 4 is 11.8 Å². The van der Waals surface area contributed by atoms with Crippen molar-refractivity contribution in [2.45, 2.75) is 58.4 Å². The SMILES string of the molecule is CC[C@@H](C)[C@H](CC(=O)NO)N1CCC(C)(c2ccc(C)cc2)C1=O. The Kier molecular flexibility index (Phi) is 5.65. The van der Waals surface area contributed by atoms with Crippen LogP contribution in [0.2, 0.25) is 0 Å². The van der Waals surface area contributed by atoms with E-state index >= 15 is 0 Å². The monoisotopic (exact) mass is 332 g/mol. The molecule has 132 valence electrons. The molecule has 0 aromatic heterocycles. The van der Waals surface area contributed by atoms with E-state index in [0.29, 0.717) is 6.54 Å². The summed E-state index contributed by atoms with van der Waals surface area (Å²) in [6, 6.07) is 7.91. The second-order valence-electron chi connectivity index (χ2n) is 7.14. The van der Waals surface area contributed by atoms with E-state index in [9.17, 15) is 9.59 Å². The summed E-state index contributed by atoms with van der Waals surface area (Å²) < 4.78 is 0. The summed E-state index contributed by atoms with van der Waals surface area (Å²) in [6.07, 6.45) is 1.73. The summed E-state index contributed by atoms with van der Waals surface area (Å²) in [5.41, 5.74) is 3.34. The number of amides is 2. The molecule has 1 fully saturated rings. The highest BCUT2D eigenvalue weighted by atomic mass is 16.5. The second kappa shape index (κ2) is 7.34. The number of hydrogen-bond acceptors (Lipinski definition) is 3. The average molecular weight is 332 g/mol. The van der Waals surface area contributed by atoms with Gasteiger partial charge in [-0.1, -0.05) is 50.1 Å². The lowest BCUT2D eigenvalue weighted by Crippen LogP contribution is -2.46. The minimum absolute atomic E-state index is 0.0717. The minimum atomic E-state index is -0.547. The Morgan fingerprint density at radius 2 is 2.00 bits per heavy atom. The summed E-state index contributed by atoms with van der Waals surface area (Å²) in [4.78, 5) is 26.7. The Bertz CT molecular complexity index is 599. The lowest BCUT2D eigenvalue weighted by Gasteiger charge is -2.33. The quantitative estimate of drug-likeness (QED) is 0.622. The molecule has 1 aromatic rings. The Hall–Kier alpha value is -1.88. The minimum Gasteiger partial charge on any atom is -0.338 e. The summed E-state index contributed by atoms with van der Waals surface area (Å²) in [7, 11) is 0. The molecule has 5 heteroatoms. The average Bonchev–Trinajstić information content (AvgIpc) is 2.88. The third kappa shape index (κ3) is 3.46. The van der Waals surface area contributed by atoms with Crippen LogP contribution in [0.15, 0.2) is 24.3 Å². The van der Waals surface area contributed by atoms with Gasteiger partial charge in [-0.3, -0.25) is 14.8 Å². The van der Waals surface area contributed by atoms with Gasteiger partial charge in [0.15, 0.2) is 0 Å². The van der Waals surface area contributed by atoms with Gasteiger partial charge in [0.05, 0.1) is 5.41 Å². The smallest absolute Gasteiger partial charge is 0.245 e. The van der Waals surface area contributed by atoms with Crippen LogP contribution < -0.4 is 5.48 Å². The number of nitrogens with zero attached hydrogens (tertiary/aromatic N) is 1. The lowest BCUT2D eigenvalue weighted by atomic mass is 9.80. The van der Waals surface area contributed by atoms with Gasteiger partial charge in [-0.15, -0.1) is 0 Å². The van der Waals surface area contributed by atoms with Crippen LogP contribution in [0.3, 0.4) is 0 Å². The molecular formula is C19H28N2O3. The van der Waals surface area contributed by atoms with Crippen molar-refractivity contribution in [2.75, 3.05) is 6.54 Å². The number of hydroxylamine groups is 1. The fourth-order valence-electron chi connectivity index (χ4n) is 3.50. The number of aryl methyl sites for hydroxylation is 1. The Morgan fingerprint density at radius 3 is 2.54 bits per heavy atom. The van der Waals surface area contributed by atoms with Gasteiger partial charge in [0.25, 0.3) is 0 Å². The van der Waals surface area contributed by atoms with E-state index in [-0.39, 0.29) is 24.3 Å².